The quantitative estimate of drug-likeness (QED) is 0.600. The van der Waals surface area contributed by atoms with E-state index in [0.717, 1.165) is 18.2 Å². The van der Waals surface area contributed by atoms with Crippen LogP contribution in [0.4, 0.5) is 5.69 Å². The third-order valence-electron chi connectivity index (χ3n) is 2.71. The van der Waals surface area contributed by atoms with Crippen LogP contribution in [-0.2, 0) is 7.05 Å². The summed E-state index contributed by atoms with van der Waals surface area (Å²) in [5.41, 5.74) is 0.728. The van der Waals surface area contributed by atoms with Gasteiger partial charge in [0.15, 0.2) is 5.75 Å². The molecule has 1 aromatic heterocycles. The molecule has 0 bridgehead atoms. The first-order chi connectivity index (χ1) is 8.13. The van der Waals surface area contributed by atoms with E-state index >= 15 is 0 Å². The van der Waals surface area contributed by atoms with E-state index in [2.05, 4.69) is 5.10 Å². The number of fused-ring (bicyclic) bond motifs is 1. The van der Waals surface area contributed by atoms with Crippen molar-refractivity contribution in [1.82, 2.24) is 9.78 Å². The number of rotatable bonds is 3. The fraction of sp³-hybridized carbons (Fsp3) is 0.364. The van der Waals surface area contributed by atoms with Crippen LogP contribution in [-0.4, -0.2) is 20.8 Å². The topological polar surface area (TPSA) is 70.2 Å². The maximum Gasteiger partial charge on any atom is 0.311 e. The van der Waals surface area contributed by atoms with Crippen LogP contribution in [0.15, 0.2) is 18.3 Å². The number of aryl methyl sites for hydroxylation is 1. The zero-order chi connectivity index (χ0) is 12.0. The number of benzene rings is 1. The fourth-order valence-corrected chi connectivity index (χ4v) is 1.77. The summed E-state index contributed by atoms with van der Waals surface area (Å²) in [6.45, 7) is 0. The molecule has 1 aliphatic carbocycles. The Morgan fingerprint density at radius 2 is 2.29 bits per heavy atom. The Kier molecular flexibility index (Phi) is 2.04. The van der Waals surface area contributed by atoms with Gasteiger partial charge >= 0.3 is 5.69 Å². The number of hydrogen-bond acceptors (Lipinski definition) is 4. The molecule has 0 atom stereocenters. The maximum absolute atomic E-state index is 11.0. The van der Waals surface area contributed by atoms with Gasteiger partial charge in [-0.15, -0.1) is 0 Å². The Balaban J connectivity index is 2.14. The van der Waals surface area contributed by atoms with E-state index in [9.17, 15) is 10.1 Å². The molecule has 1 aromatic carbocycles. The van der Waals surface area contributed by atoms with E-state index in [4.69, 9.17) is 4.74 Å². The second kappa shape index (κ2) is 3.44. The number of aromatic nitrogens is 2. The molecule has 0 N–H and O–H groups in total. The molecular formula is C11H11N3O3. The molecule has 1 fully saturated rings. The predicted molar refractivity (Wildman–Crippen MR) is 61.0 cm³/mol. The van der Waals surface area contributed by atoms with Crippen molar-refractivity contribution >= 4 is 16.6 Å². The van der Waals surface area contributed by atoms with Gasteiger partial charge in [-0.1, -0.05) is 0 Å². The largest absolute Gasteiger partial charge is 0.483 e. The van der Waals surface area contributed by atoms with E-state index in [-0.39, 0.29) is 11.8 Å². The van der Waals surface area contributed by atoms with E-state index in [1.165, 1.54) is 6.07 Å². The highest BCUT2D eigenvalue weighted by atomic mass is 16.6. The molecule has 3 rings (SSSR count). The molecule has 0 saturated heterocycles. The van der Waals surface area contributed by atoms with Crippen LogP contribution in [0.1, 0.15) is 12.8 Å². The molecule has 0 unspecified atom stereocenters. The first-order valence-electron chi connectivity index (χ1n) is 5.42. The summed E-state index contributed by atoms with van der Waals surface area (Å²) in [5, 5.41) is 15.9. The van der Waals surface area contributed by atoms with Crippen molar-refractivity contribution in [2.75, 3.05) is 0 Å². The number of nitro benzene ring substituents is 1. The first-order valence-corrected chi connectivity index (χ1v) is 5.42. The molecule has 2 aromatic rings. The summed E-state index contributed by atoms with van der Waals surface area (Å²) < 4.78 is 7.18. The Hall–Kier alpha value is -2.11. The lowest BCUT2D eigenvalue weighted by Crippen LogP contribution is -2.00. The van der Waals surface area contributed by atoms with E-state index in [1.54, 1.807) is 24.0 Å². The first kappa shape index (κ1) is 10.1. The summed E-state index contributed by atoms with van der Waals surface area (Å²) in [4.78, 5) is 10.6. The van der Waals surface area contributed by atoms with Crippen LogP contribution < -0.4 is 4.74 Å². The predicted octanol–water partition coefficient (Wildman–Crippen LogP) is 2.02. The van der Waals surface area contributed by atoms with Gasteiger partial charge in [0.2, 0.25) is 0 Å². The van der Waals surface area contributed by atoms with Gasteiger partial charge in [-0.3, -0.25) is 14.8 Å². The molecule has 1 heterocycles. The molecule has 6 heteroatoms. The molecule has 1 saturated carbocycles. The monoisotopic (exact) mass is 233 g/mol. The van der Waals surface area contributed by atoms with Crippen molar-refractivity contribution in [2.24, 2.45) is 7.05 Å². The molecule has 88 valence electrons. The second-order valence-corrected chi connectivity index (χ2v) is 4.26. The highest BCUT2D eigenvalue weighted by Gasteiger charge is 2.28. The average Bonchev–Trinajstić information content (AvgIpc) is 2.97. The van der Waals surface area contributed by atoms with Gasteiger partial charge in [0.25, 0.3) is 0 Å². The summed E-state index contributed by atoms with van der Waals surface area (Å²) in [5.74, 6) is 0.323. The SMILES string of the molecule is Cn1cc2cc([N+](=O)[O-])c(OC3CC3)cc2n1. The van der Waals surface area contributed by atoms with Crippen molar-refractivity contribution in [1.29, 1.82) is 0 Å². The molecule has 6 nitrogen and oxygen atoms in total. The second-order valence-electron chi connectivity index (χ2n) is 4.26. The zero-order valence-corrected chi connectivity index (χ0v) is 9.29. The summed E-state index contributed by atoms with van der Waals surface area (Å²) in [6.07, 6.45) is 3.83. The zero-order valence-electron chi connectivity index (χ0n) is 9.29. The van der Waals surface area contributed by atoms with Gasteiger partial charge in [0.1, 0.15) is 0 Å². The third-order valence-corrected chi connectivity index (χ3v) is 2.71. The van der Waals surface area contributed by atoms with Crippen molar-refractivity contribution in [3.63, 3.8) is 0 Å². The normalized spacial score (nSPS) is 15.1. The Morgan fingerprint density at radius 3 is 2.94 bits per heavy atom. The Morgan fingerprint density at radius 1 is 1.53 bits per heavy atom. The van der Waals surface area contributed by atoms with Gasteiger partial charge in [-0.2, -0.15) is 5.10 Å². The van der Waals surface area contributed by atoms with Gasteiger partial charge in [0, 0.05) is 30.8 Å². The van der Waals surface area contributed by atoms with Crippen molar-refractivity contribution in [3.8, 4) is 5.75 Å². The van der Waals surface area contributed by atoms with E-state index < -0.39 is 4.92 Å². The molecule has 1 aliphatic rings. The highest BCUT2D eigenvalue weighted by Crippen LogP contribution is 2.36. The minimum absolute atomic E-state index is 0.0115. The summed E-state index contributed by atoms with van der Waals surface area (Å²) in [6, 6.07) is 3.16. The lowest BCUT2D eigenvalue weighted by Gasteiger charge is -2.04. The van der Waals surface area contributed by atoms with Gasteiger partial charge in [0.05, 0.1) is 16.5 Å². The summed E-state index contributed by atoms with van der Waals surface area (Å²) in [7, 11) is 1.78. The molecular weight excluding hydrogens is 222 g/mol. The van der Waals surface area contributed by atoms with E-state index in [1.807, 2.05) is 0 Å². The number of nitro groups is 1. The van der Waals surface area contributed by atoms with Gasteiger partial charge < -0.3 is 4.74 Å². The van der Waals surface area contributed by atoms with Crippen LogP contribution in [0.2, 0.25) is 0 Å². The van der Waals surface area contributed by atoms with Gasteiger partial charge in [-0.05, 0) is 12.8 Å². The van der Waals surface area contributed by atoms with Gasteiger partial charge in [-0.25, -0.2) is 0 Å². The van der Waals surface area contributed by atoms with Crippen LogP contribution in [0.25, 0.3) is 10.9 Å². The van der Waals surface area contributed by atoms with Crippen LogP contribution >= 0.6 is 0 Å². The van der Waals surface area contributed by atoms with Crippen molar-refractivity contribution in [2.45, 2.75) is 18.9 Å². The number of ether oxygens (including phenoxy) is 1. The minimum Gasteiger partial charge on any atom is -0.483 e. The minimum atomic E-state index is -0.413. The highest BCUT2D eigenvalue weighted by molar-refractivity contribution is 5.83. The molecule has 17 heavy (non-hydrogen) atoms. The molecule has 0 spiro atoms. The Bertz CT molecular complexity index is 601. The van der Waals surface area contributed by atoms with Crippen molar-refractivity contribution in [3.05, 3.63) is 28.4 Å². The molecule has 0 radical (unpaired) electrons. The lowest BCUT2D eigenvalue weighted by molar-refractivity contribution is -0.385. The van der Waals surface area contributed by atoms with Crippen LogP contribution in [0.5, 0.6) is 5.75 Å². The summed E-state index contributed by atoms with van der Waals surface area (Å²) >= 11 is 0. The third kappa shape index (κ3) is 1.82. The van der Waals surface area contributed by atoms with Crippen molar-refractivity contribution < 1.29 is 9.66 Å². The maximum atomic E-state index is 11.0. The standard InChI is InChI=1S/C11H11N3O3/c1-13-6-7-4-10(14(15)16)11(5-9(7)12-13)17-8-2-3-8/h4-6,8H,2-3H2,1H3. The Labute approximate surface area is 96.9 Å². The lowest BCUT2D eigenvalue weighted by atomic mass is 10.2. The number of hydrogen-bond donors (Lipinski definition) is 0. The smallest absolute Gasteiger partial charge is 0.311 e. The van der Waals surface area contributed by atoms with Crippen LogP contribution in [0, 0.1) is 10.1 Å². The molecule has 0 amide bonds. The average molecular weight is 233 g/mol. The van der Waals surface area contributed by atoms with E-state index in [0.29, 0.717) is 11.3 Å². The van der Waals surface area contributed by atoms with Crippen LogP contribution in [0.3, 0.4) is 0 Å². The number of nitrogens with zero attached hydrogens (tertiary/aromatic N) is 3. The molecule has 0 aliphatic heterocycles. The fourth-order valence-electron chi connectivity index (χ4n) is 1.77.